The summed E-state index contributed by atoms with van der Waals surface area (Å²) < 4.78 is 0. The second-order valence-electron chi connectivity index (χ2n) is 2.89. The van der Waals surface area contributed by atoms with Crippen LogP contribution in [0.15, 0.2) is 0 Å². The van der Waals surface area contributed by atoms with E-state index in [0.717, 1.165) is 25.5 Å². The number of hydroxylamine groups is 1. The Hall–Kier alpha value is -0.940. The smallest absolute Gasteiger partial charge is 0.236 e. The molecule has 0 bridgehead atoms. The van der Waals surface area contributed by atoms with Gasteiger partial charge < -0.3 is 15.7 Å². The molecular formula is C8H16N2O3. The Morgan fingerprint density at radius 2 is 2.15 bits per heavy atom. The number of rotatable bonds is 8. The van der Waals surface area contributed by atoms with E-state index < -0.39 is 11.9 Å². The molecule has 0 rings (SSSR count). The van der Waals surface area contributed by atoms with Crippen molar-refractivity contribution in [2.45, 2.75) is 38.1 Å². The zero-order chi connectivity index (χ0) is 10.1. The molecule has 0 saturated carbocycles. The average Bonchev–Trinajstić information content (AvgIpc) is 2.10. The van der Waals surface area contributed by atoms with E-state index in [0.29, 0.717) is 12.8 Å². The third-order valence-corrected chi connectivity index (χ3v) is 1.81. The van der Waals surface area contributed by atoms with E-state index in [1.165, 1.54) is 0 Å². The second kappa shape index (κ2) is 7.70. The Morgan fingerprint density at radius 3 is 2.62 bits per heavy atom. The molecule has 0 aromatic rings. The van der Waals surface area contributed by atoms with Crippen molar-refractivity contribution in [3.8, 4) is 0 Å². The van der Waals surface area contributed by atoms with Gasteiger partial charge in [-0.1, -0.05) is 12.8 Å². The van der Waals surface area contributed by atoms with Crippen LogP contribution in [0.1, 0.15) is 32.1 Å². The number of aldehydes is 1. The zero-order valence-corrected chi connectivity index (χ0v) is 7.53. The van der Waals surface area contributed by atoms with Gasteiger partial charge in [0.15, 0.2) is 0 Å². The minimum atomic E-state index is -0.670. The highest BCUT2D eigenvalue weighted by molar-refractivity contribution is 5.79. The SMILES string of the molecule is NC(=O)C(CCCCCC=O)NO. The van der Waals surface area contributed by atoms with Crippen LogP contribution in [0, 0.1) is 0 Å². The Morgan fingerprint density at radius 1 is 1.46 bits per heavy atom. The van der Waals surface area contributed by atoms with Crippen molar-refractivity contribution < 1.29 is 14.8 Å². The molecule has 0 aliphatic carbocycles. The Bertz CT molecular complexity index is 161. The van der Waals surface area contributed by atoms with Gasteiger partial charge in [-0.2, -0.15) is 5.48 Å². The van der Waals surface area contributed by atoms with Crippen LogP contribution in [0.4, 0.5) is 0 Å². The summed E-state index contributed by atoms with van der Waals surface area (Å²) in [6.45, 7) is 0. The minimum absolute atomic E-state index is 0.505. The topological polar surface area (TPSA) is 92.4 Å². The number of hydrogen-bond donors (Lipinski definition) is 3. The van der Waals surface area contributed by atoms with Crippen LogP contribution in [0.25, 0.3) is 0 Å². The molecular weight excluding hydrogens is 172 g/mol. The monoisotopic (exact) mass is 188 g/mol. The number of nitrogens with one attached hydrogen (secondary N) is 1. The fourth-order valence-electron chi connectivity index (χ4n) is 1.02. The van der Waals surface area contributed by atoms with Crippen molar-refractivity contribution in [3.63, 3.8) is 0 Å². The summed E-state index contributed by atoms with van der Waals surface area (Å²) >= 11 is 0. The lowest BCUT2D eigenvalue weighted by molar-refractivity contribution is -0.122. The molecule has 5 nitrogen and oxygen atoms in total. The summed E-state index contributed by atoms with van der Waals surface area (Å²) in [5.74, 6) is -0.558. The highest BCUT2D eigenvalue weighted by atomic mass is 16.5. The predicted octanol–water partition coefficient (Wildman–Crippen LogP) is -0.0315. The molecule has 1 unspecified atom stereocenters. The first-order chi connectivity index (χ1) is 6.22. The third-order valence-electron chi connectivity index (χ3n) is 1.81. The van der Waals surface area contributed by atoms with Gasteiger partial charge in [0.05, 0.1) is 0 Å². The van der Waals surface area contributed by atoms with E-state index >= 15 is 0 Å². The lowest BCUT2D eigenvalue weighted by atomic mass is 10.1. The average molecular weight is 188 g/mol. The van der Waals surface area contributed by atoms with Gasteiger partial charge in [-0.15, -0.1) is 0 Å². The van der Waals surface area contributed by atoms with Crippen molar-refractivity contribution in [2.75, 3.05) is 0 Å². The molecule has 0 aromatic carbocycles. The van der Waals surface area contributed by atoms with Gasteiger partial charge in [-0.25, -0.2) is 0 Å². The quantitative estimate of drug-likeness (QED) is 0.283. The summed E-state index contributed by atoms with van der Waals surface area (Å²) in [5, 5.41) is 8.49. The Balaban J connectivity index is 3.38. The predicted molar refractivity (Wildman–Crippen MR) is 47.1 cm³/mol. The van der Waals surface area contributed by atoms with Gasteiger partial charge in [-0.3, -0.25) is 4.79 Å². The number of nitrogens with two attached hydrogens (primary N) is 1. The highest BCUT2D eigenvalue weighted by Gasteiger charge is 2.12. The maximum absolute atomic E-state index is 10.6. The van der Waals surface area contributed by atoms with Gasteiger partial charge in [-0.05, 0) is 12.8 Å². The van der Waals surface area contributed by atoms with Crippen molar-refractivity contribution in [2.24, 2.45) is 5.73 Å². The minimum Gasteiger partial charge on any atom is -0.368 e. The van der Waals surface area contributed by atoms with Crippen molar-refractivity contribution in [3.05, 3.63) is 0 Å². The molecule has 0 aliphatic heterocycles. The molecule has 0 aliphatic rings. The first-order valence-corrected chi connectivity index (χ1v) is 4.35. The standard InChI is InChI=1S/C8H16N2O3/c9-8(12)7(10-13)5-3-1-2-4-6-11/h6-7,10,13H,1-5H2,(H2,9,12). The fourth-order valence-corrected chi connectivity index (χ4v) is 1.02. The molecule has 0 aromatic heterocycles. The van der Waals surface area contributed by atoms with Crippen molar-refractivity contribution >= 4 is 12.2 Å². The molecule has 1 atom stereocenters. The molecule has 4 N–H and O–H groups in total. The van der Waals surface area contributed by atoms with Gasteiger partial charge in [0, 0.05) is 6.42 Å². The summed E-state index contributed by atoms with van der Waals surface area (Å²) in [4.78, 5) is 20.5. The zero-order valence-electron chi connectivity index (χ0n) is 7.53. The third kappa shape index (κ3) is 6.24. The molecule has 0 saturated heterocycles. The molecule has 76 valence electrons. The van der Waals surface area contributed by atoms with E-state index in [-0.39, 0.29) is 0 Å². The second-order valence-corrected chi connectivity index (χ2v) is 2.89. The van der Waals surface area contributed by atoms with Crippen molar-refractivity contribution in [1.82, 2.24) is 5.48 Å². The van der Waals surface area contributed by atoms with Crippen LogP contribution in [-0.4, -0.2) is 23.4 Å². The van der Waals surface area contributed by atoms with E-state index in [2.05, 4.69) is 0 Å². The molecule has 1 amide bonds. The number of carbonyl (C=O) groups excluding carboxylic acids is 2. The van der Waals surface area contributed by atoms with Gasteiger partial charge in [0.25, 0.3) is 0 Å². The van der Waals surface area contributed by atoms with E-state index in [9.17, 15) is 9.59 Å². The van der Waals surface area contributed by atoms with E-state index in [1.807, 2.05) is 5.48 Å². The molecule has 0 fully saturated rings. The normalized spacial score (nSPS) is 12.4. The number of amides is 1. The lowest BCUT2D eigenvalue weighted by Gasteiger charge is -2.09. The van der Waals surface area contributed by atoms with Gasteiger partial charge in [0.2, 0.25) is 5.91 Å². The molecule has 5 heteroatoms. The largest absolute Gasteiger partial charge is 0.368 e. The van der Waals surface area contributed by atoms with Crippen molar-refractivity contribution in [1.29, 1.82) is 0 Å². The molecule has 13 heavy (non-hydrogen) atoms. The maximum Gasteiger partial charge on any atom is 0.236 e. The van der Waals surface area contributed by atoms with E-state index in [4.69, 9.17) is 10.9 Å². The van der Waals surface area contributed by atoms with Gasteiger partial charge >= 0.3 is 0 Å². The molecule has 0 heterocycles. The van der Waals surface area contributed by atoms with Crippen LogP contribution in [0.2, 0.25) is 0 Å². The summed E-state index contributed by atoms with van der Waals surface area (Å²) in [7, 11) is 0. The maximum atomic E-state index is 10.6. The van der Waals surface area contributed by atoms with E-state index in [1.54, 1.807) is 0 Å². The van der Waals surface area contributed by atoms with Crippen LogP contribution in [0.5, 0.6) is 0 Å². The first kappa shape index (κ1) is 12.1. The van der Waals surface area contributed by atoms with Gasteiger partial charge in [0.1, 0.15) is 12.3 Å². The van der Waals surface area contributed by atoms with Crippen LogP contribution < -0.4 is 11.2 Å². The number of carbonyl (C=O) groups is 2. The molecule has 0 radical (unpaired) electrons. The van der Waals surface area contributed by atoms with Crippen LogP contribution >= 0.6 is 0 Å². The summed E-state index contributed by atoms with van der Waals surface area (Å²) in [6, 6.07) is -0.670. The fraction of sp³-hybridized carbons (Fsp3) is 0.750. The number of hydrogen-bond acceptors (Lipinski definition) is 4. The lowest BCUT2D eigenvalue weighted by Crippen LogP contribution is -2.39. The number of primary amides is 1. The summed E-state index contributed by atoms with van der Waals surface area (Å²) in [5.41, 5.74) is 6.82. The Labute approximate surface area is 77.3 Å². The first-order valence-electron chi connectivity index (χ1n) is 4.35. The van der Waals surface area contributed by atoms with Crippen LogP contribution in [0.3, 0.4) is 0 Å². The van der Waals surface area contributed by atoms with Crippen LogP contribution in [-0.2, 0) is 9.59 Å². The highest BCUT2D eigenvalue weighted by Crippen LogP contribution is 2.04. The Kier molecular flexibility index (Phi) is 7.14. The molecule has 0 spiro atoms. The number of unbranched alkanes of at least 4 members (excludes halogenated alkanes) is 3. The summed E-state index contributed by atoms with van der Waals surface area (Å²) in [6.07, 6.45) is 4.38.